The van der Waals surface area contributed by atoms with Gasteiger partial charge in [-0.1, -0.05) is 13.8 Å². The highest BCUT2D eigenvalue weighted by molar-refractivity contribution is 7.91. The largest absolute Gasteiger partial charge is 0.311 e. The second-order valence-electron chi connectivity index (χ2n) is 5.68. The Balaban J connectivity index is 1.90. The fraction of sp³-hybridized carbons (Fsp3) is 1.00. The predicted molar refractivity (Wildman–Crippen MR) is 69.9 cm³/mol. The molecule has 4 nitrogen and oxygen atoms in total. The maximum Gasteiger partial charge on any atom is 0.150 e. The minimum absolute atomic E-state index is 0.383. The van der Waals surface area contributed by atoms with Crippen LogP contribution in [0.4, 0.5) is 0 Å². The number of hydrogen-bond acceptors (Lipinski definition) is 4. The van der Waals surface area contributed by atoms with Crippen LogP contribution in [0.2, 0.25) is 0 Å². The second-order valence-corrected chi connectivity index (χ2v) is 7.99. The topological polar surface area (TPSA) is 49.4 Å². The molecule has 0 aromatic rings. The SMILES string of the molecule is CC(C)C1CN(C2CCS(=O)(=O)CC2)CCN1. The summed E-state index contributed by atoms with van der Waals surface area (Å²) in [6.45, 7) is 7.65. The van der Waals surface area contributed by atoms with Gasteiger partial charge in [0.05, 0.1) is 11.5 Å². The monoisotopic (exact) mass is 260 g/mol. The molecule has 2 heterocycles. The summed E-state index contributed by atoms with van der Waals surface area (Å²) >= 11 is 0. The van der Waals surface area contributed by atoms with Gasteiger partial charge in [0.15, 0.2) is 0 Å². The molecule has 0 aromatic carbocycles. The third kappa shape index (κ3) is 3.42. The van der Waals surface area contributed by atoms with Crippen LogP contribution in [0.5, 0.6) is 0 Å². The first-order valence-corrected chi connectivity index (χ1v) is 8.48. The summed E-state index contributed by atoms with van der Waals surface area (Å²) < 4.78 is 22.8. The molecular weight excluding hydrogens is 236 g/mol. The molecule has 2 aliphatic rings. The van der Waals surface area contributed by atoms with Crippen LogP contribution in [0, 0.1) is 5.92 Å². The molecule has 2 saturated heterocycles. The van der Waals surface area contributed by atoms with E-state index in [2.05, 4.69) is 24.1 Å². The van der Waals surface area contributed by atoms with Crippen molar-refractivity contribution in [3.05, 3.63) is 0 Å². The number of rotatable bonds is 2. The van der Waals surface area contributed by atoms with Crippen molar-refractivity contribution in [2.45, 2.75) is 38.8 Å². The van der Waals surface area contributed by atoms with Crippen LogP contribution < -0.4 is 5.32 Å². The summed E-state index contributed by atoms with van der Waals surface area (Å²) in [4.78, 5) is 2.50. The second kappa shape index (κ2) is 5.24. The van der Waals surface area contributed by atoms with E-state index in [4.69, 9.17) is 0 Å². The van der Waals surface area contributed by atoms with E-state index in [0.717, 1.165) is 32.5 Å². The maximum atomic E-state index is 11.4. The van der Waals surface area contributed by atoms with Crippen molar-refractivity contribution in [2.75, 3.05) is 31.1 Å². The van der Waals surface area contributed by atoms with Gasteiger partial charge in [0.25, 0.3) is 0 Å². The van der Waals surface area contributed by atoms with Crippen LogP contribution in [0.25, 0.3) is 0 Å². The van der Waals surface area contributed by atoms with Gasteiger partial charge in [-0.15, -0.1) is 0 Å². The zero-order chi connectivity index (χ0) is 12.5. The molecule has 2 rings (SSSR count). The standard InChI is InChI=1S/C12H24N2O2S/c1-10(2)12-9-14(6-5-13-12)11-3-7-17(15,16)8-4-11/h10-13H,3-9H2,1-2H3. The maximum absolute atomic E-state index is 11.4. The highest BCUT2D eigenvalue weighted by Gasteiger charge is 2.31. The third-order valence-corrected chi connectivity index (χ3v) is 5.80. The molecule has 17 heavy (non-hydrogen) atoms. The number of piperazine rings is 1. The highest BCUT2D eigenvalue weighted by Crippen LogP contribution is 2.20. The quantitative estimate of drug-likeness (QED) is 0.785. The van der Waals surface area contributed by atoms with Gasteiger partial charge < -0.3 is 5.32 Å². The molecule has 1 unspecified atom stereocenters. The van der Waals surface area contributed by atoms with Crippen LogP contribution in [0.1, 0.15) is 26.7 Å². The Labute approximate surface area is 105 Å². The van der Waals surface area contributed by atoms with Crippen molar-refractivity contribution < 1.29 is 8.42 Å². The smallest absolute Gasteiger partial charge is 0.150 e. The minimum Gasteiger partial charge on any atom is -0.311 e. The van der Waals surface area contributed by atoms with E-state index >= 15 is 0 Å². The van der Waals surface area contributed by atoms with Gasteiger partial charge in [-0.05, 0) is 18.8 Å². The first-order chi connectivity index (χ1) is 7.98. The molecule has 5 heteroatoms. The summed E-state index contributed by atoms with van der Waals surface area (Å²) in [7, 11) is -2.73. The molecule has 0 saturated carbocycles. The van der Waals surface area contributed by atoms with Gasteiger partial charge in [0, 0.05) is 31.7 Å². The van der Waals surface area contributed by atoms with Gasteiger partial charge >= 0.3 is 0 Å². The average Bonchev–Trinajstić information content (AvgIpc) is 2.29. The van der Waals surface area contributed by atoms with Crippen molar-refractivity contribution in [1.29, 1.82) is 0 Å². The van der Waals surface area contributed by atoms with E-state index in [0.29, 0.717) is 29.5 Å². The van der Waals surface area contributed by atoms with Gasteiger partial charge in [-0.25, -0.2) is 8.42 Å². The lowest BCUT2D eigenvalue weighted by Gasteiger charge is -2.41. The van der Waals surface area contributed by atoms with E-state index in [1.807, 2.05) is 0 Å². The van der Waals surface area contributed by atoms with E-state index in [-0.39, 0.29) is 0 Å². The molecule has 0 radical (unpaired) electrons. The summed E-state index contributed by atoms with van der Waals surface area (Å²) in [5.41, 5.74) is 0. The summed E-state index contributed by atoms with van der Waals surface area (Å²) in [5, 5.41) is 3.54. The molecule has 0 aromatic heterocycles. The Morgan fingerprint density at radius 2 is 1.88 bits per heavy atom. The van der Waals surface area contributed by atoms with E-state index in [9.17, 15) is 8.42 Å². The molecule has 0 aliphatic carbocycles. The summed E-state index contributed by atoms with van der Waals surface area (Å²) in [6, 6.07) is 1.05. The lowest BCUT2D eigenvalue weighted by molar-refractivity contribution is 0.119. The van der Waals surface area contributed by atoms with Crippen LogP contribution >= 0.6 is 0 Å². The Hall–Kier alpha value is -0.130. The highest BCUT2D eigenvalue weighted by atomic mass is 32.2. The van der Waals surface area contributed by atoms with Crippen LogP contribution in [0.3, 0.4) is 0 Å². The summed E-state index contributed by atoms with van der Waals surface area (Å²) in [5.74, 6) is 1.41. The molecular formula is C12H24N2O2S. The fourth-order valence-corrected chi connectivity index (χ4v) is 4.29. The first kappa shape index (κ1) is 13.3. The average molecular weight is 260 g/mol. The summed E-state index contributed by atoms with van der Waals surface area (Å²) in [6.07, 6.45) is 1.65. The molecule has 1 N–H and O–H groups in total. The molecule has 100 valence electrons. The number of nitrogens with one attached hydrogen (secondary N) is 1. The molecule has 0 bridgehead atoms. The van der Waals surface area contributed by atoms with E-state index in [1.165, 1.54) is 0 Å². The van der Waals surface area contributed by atoms with Gasteiger partial charge in [0.1, 0.15) is 9.84 Å². The Kier molecular flexibility index (Phi) is 4.10. The first-order valence-electron chi connectivity index (χ1n) is 6.66. The van der Waals surface area contributed by atoms with Crippen molar-refractivity contribution in [3.8, 4) is 0 Å². The zero-order valence-corrected chi connectivity index (χ0v) is 11.7. The molecule has 1 atom stereocenters. The van der Waals surface area contributed by atoms with Crippen LogP contribution in [0.15, 0.2) is 0 Å². The van der Waals surface area contributed by atoms with Crippen molar-refractivity contribution >= 4 is 9.84 Å². The van der Waals surface area contributed by atoms with E-state index < -0.39 is 9.84 Å². The van der Waals surface area contributed by atoms with Gasteiger partial charge in [0.2, 0.25) is 0 Å². The zero-order valence-electron chi connectivity index (χ0n) is 10.9. The fourth-order valence-electron chi connectivity index (χ4n) is 2.82. The molecule has 2 aliphatic heterocycles. The van der Waals surface area contributed by atoms with Crippen molar-refractivity contribution in [1.82, 2.24) is 10.2 Å². The molecule has 0 amide bonds. The Morgan fingerprint density at radius 3 is 2.47 bits per heavy atom. The van der Waals surface area contributed by atoms with Crippen LogP contribution in [-0.4, -0.2) is 56.5 Å². The molecule has 0 spiro atoms. The third-order valence-electron chi connectivity index (χ3n) is 4.08. The lowest BCUT2D eigenvalue weighted by atomic mass is 9.99. The van der Waals surface area contributed by atoms with Gasteiger partial charge in [-0.2, -0.15) is 0 Å². The molecule has 2 fully saturated rings. The predicted octanol–water partition coefficient (Wildman–Crippen LogP) is 0.493. The normalized spacial score (nSPS) is 31.8. The number of nitrogens with zero attached hydrogens (tertiary/aromatic N) is 1. The van der Waals surface area contributed by atoms with Gasteiger partial charge in [-0.3, -0.25) is 4.90 Å². The van der Waals surface area contributed by atoms with Crippen molar-refractivity contribution in [2.24, 2.45) is 5.92 Å². The van der Waals surface area contributed by atoms with Crippen molar-refractivity contribution in [3.63, 3.8) is 0 Å². The van der Waals surface area contributed by atoms with Crippen LogP contribution in [-0.2, 0) is 9.84 Å². The Bertz CT molecular complexity index is 340. The number of sulfone groups is 1. The lowest BCUT2D eigenvalue weighted by Crippen LogP contribution is -2.56. The number of hydrogen-bond donors (Lipinski definition) is 1. The minimum atomic E-state index is -2.73. The van der Waals surface area contributed by atoms with E-state index in [1.54, 1.807) is 0 Å². The Morgan fingerprint density at radius 1 is 1.24 bits per heavy atom.